The molecule has 0 bridgehead atoms. The lowest BCUT2D eigenvalue weighted by atomic mass is 10.1. The first kappa shape index (κ1) is 8.53. The highest BCUT2D eigenvalue weighted by Crippen LogP contribution is 2.17. The number of alkyl halides is 2. The molecule has 0 spiro atoms. The van der Waals surface area contributed by atoms with Gasteiger partial charge in [-0.1, -0.05) is 13.8 Å². The second kappa shape index (κ2) is 2.42. The van der Waals surface area contributed by atoms with Crippen LogP contribution in [0.4, 0.5) is 8.78 Å². The molecule has 0 radical (unpaired) electrons. The maximum absolute atomic E-state index is 12.0. The minimum absolute atomic E-state index is 0.579. The third-order valence-electron chi connectivity index (χ3n) is 0.957. The second-order valence-corrected chi connectivity index (χ2v) is 2.41. The van der Waals surface area contributed by atoms with Crippen molar-refractivity contribution in [2.45, 2.75) is 26.7 Å². The molecule has 0 saturated heterocycles. The highest BCUT2D eigenvalue weighted by atomic mass is 19.3. The summed E-state index contributed by atoms with van der Waals surface area (Å²) in [7, 11) is 0. The number of rotatable bonds is 2. The Morgan fingerprint density at radius 2 is 1.78 bits per heavy atom. The van der Waals surface area contributed by atoms with E-state index in [2.05, 4.69) is 0 Å². The van der Waals surface area contributed by atoms with Crippen molar-refractivity contribution in [1.82, 2.24) is 0 Å². The molecule has 0 aliphatic carbocycles. The number of carbonyl (C=O) groups excluding carboxylic acids is 1. The average molecular weight is 136 g/mol. The van der Waals surface area contributed by atoms with Crippen LogP contribution in [0.25, 0.3) is 0 Å². The minimum Gasteiger partial charge on any atom is -0.293 e. The molecule has 0 aromatic heterocycles. The van der Waals surface area contributed by atoms with Crippen LogP contribution in [0.5, 0.6) is 0 Å². The maximum atomic E-state index is 12.0. The molecule has 0 fully saturated rings. The zero-order valence-electron chi connectivity index (χ0n) is 5.74. The standard InChI is InChI=1S/C6H10F2O/c1-4(2)5(9)6(3,7)8/h4H,1-3H3. The average Bonchev–Trinajstić information content (AvgIpc) is 1.62. The molecule has 0 atom stereocenters. The fourth-order valence-electron chi connectivity index (χ4n) is 0.507. The van der Waals surface area contributed by atoms with Gasteiger partial charge in [-0.2, -0.15) is 8.78 Å². The molecule has 0 aromatic rings. The van der Waals surface area contributed by atoms with Gasteiger partial charge in [-0.25, -0.2) is 0 Å². The summed E-state index contributed by atoms with van der Waals surface area (Å²) in [5, 5.41) is 0. The van der Waals surface area contributed by atoms with E-state index in [9.17, 15) is 13.6 Å². The van der Waals surface area contributed by atoms with Gasteiger partial charge in [0.15, 0.2) is 0 Å². The van der Waals surface area contributed by atoms with E-state index in [1.807, 2.05) is 0 Å². The molecule has 0 aromatic carbocycles. The minimum atomic E-state index is -3.16. The van der Waals surface area contributed by atoms with Gasteiger partial charge in [0.1, 0.15) is 0 Å². The number of halogens is 2. The maximum Gasteiger partial charge on any atom is 0.302 e. The van der Waals surface area contributed by atoms with Crippen LogP contribution in [-0.4, -0.2) is 11.7 Å². The monoisotopic (exact) mass is 136 g/mol. The first-order valence-electron chi connectivity index (χ1n) is 2.78. The van der Waals surface area contributed by atoms with Crippen molar-refractivity contribution in [3.8, 4) is 0 Å². The van der Waals surface area contributed by atoms with E-state index >= 15 is 0 Å². The predicted octanol–water partition coefficient (Wildman–Crippen LogP) is 1.87. The summed E-state index contributed by atoms with van der Waals surface area (Å²) in [5.74, 6) is -4.73. The second-order valence-electron chi connectivity index (χ2n) is 2.41. The summed E-state index contributed by atoms with van der Waals surface area (Å²) in [5.41, 5.74) is 0. The topological polar surface area (TPSA) is 17.1 Å². The summed E-state index contributed by atoms with van der Waals surface area (Å²) < 4.78 is 24.0. The molecule has 1 nitrogen and oxygen atoms in total. The SMILES string of the molecule is CC(C)C(=O)C(C)(F)F. The Morgan fingerprint density at radius 1 is 1.44 bits per heavy atom. The molecule has 0 N–H and O–H groups in total. The van der Waals surface area contributed by atoms with Crippen molar-refractivity contribution in [1.29, 1.82) is 0 Å². The summed E-state index contributed by atoms with van der Waals surface area (Å²) in [6.07, 6.45) is 0. The molecular formula is C6H10F2O. The normalized spacial score (nSPS) is 12.2. The van der Waals surface area contributed by atoms with Crippen LogP contribution < -0.4 is 0 Å². The molecule has 0 unspecified atom stereocenters. The van der Waals surface area contributed by atoms with Gasteiger partial charge in [0.05, 0.1) is 0 Å². The van der Waals surface area contributed by atoms with Gasteiger partial charge in [-0.05, 0) is 0 Å². The van der Waals surface area contributed by atoms with E-state index in [1.54, 1.807) is 0 Å². The van der Waals surface area contributed by atoms with Crippen molar-refractivity contribution in [3.63, 3.8) is 0 Å². The van der Waals surface area contributed by atoms with Crippen LogP contribution in [0, 0.1) is 5.92 Å². The first-order chi connectivity index (χ1) is 3.85. The lowest BCUT2D eigenvalue weighted by molar-refractivity contribution is -0.143. The molecule has 0 heterocycles. The van der Waals surface area contributed by atoms with Gasteiger partial charge in [-0.3, -0.25) is 4.79 Å². The van der Waals surface area contributed by atoms with E-state index in [0.29, 0.717) is 6.92 Å². The van der Waals surface area contributed by atoms with E-state index < -0.39 is 17.6 Å². The van der Waals surface area contributed by atoms with Gasteiger partial charge < -0.3 is 0 Å². The molecule has 3 heteroatoms. The smallest absolute Gasteiger partial charge is 0.293 e. The molecule has 0 amide bonds. The Morgan fingerprint density at radius 3 is 1.78 bits per heavy atom. The van der Waals surface area contributed by atoms with E-state index in [1.165, 1.54) is 13.8 Å². The van der Waals surface area contributed by atoms with Gasteiger partial charge in [-0.15, -0.1) is 0 Å². The number of hydrogen-bond acceptors (Lipinski definition) is 1. The summed E-state index contributed by atoms with van der Waals surface area (Å²) >= 11 is 0. The Kier molecular flexibility index (Phi) is 2.29. The van der Waals surface area contributed by atoms with E-state index in [4.69, 9.17) is 0 Å². The lowest BCUT2D eigenvalue weighted by Gasteiger charge is -2.10. The Balaban J connectivity index is 4.06. The van der Waals surface area contributed by atoms with Crippen molar-refractivity contribution >= 4 is 5.78 Å². The quantitative estimate of drug-likeness (QED) is 0.566. The largest absolute Gasteiger partial charge is 0.302 e. The number of carbonyl (C=O) groups is 1. The molecule has 0 aliphatic heterocycles. The zero-order valence-corrected chi connectivity index (χ0v) is 5.74. The highest BCUT2D eigenvalue weighted by Gasteiger charge is 2.33. The van der Waals surface area contributed by atoms with Gasteiger partial charge in [0.25, 0.3) is 0 Å². The molecule has 0 rings (SSSR count). The Labute approximate surface area is 53.1 Å². The molecular weight excluding hydrogens is 126 g/mol. The van der Waals surface area contributed by atoms with Crippen LogP contribution in [0.1, 0.15) is 20.8 Å². The summed E-state index contributed by atoms with van der Waals surface area (Å²) in [6.45, 7) is 3.54. The van der Waals surface area contributed by atoms with Crippen LogP contribution in [0.15, 0.2) is 0 Å². The van der Waals surface area contributed by atoms with E-state index in [-0.39, 0.29) is 0 Å². The van der Waals surface area contributed by atoms with Crippen LogP contribution >= 0.6 is 0 Å². The van der Waals surface area contributed by atoms with Crippen LogP contribution in [0.2, 0.25) is 0 Å². The van der Waals surface area contributed by atoms with Gasteiger partial charge >= 0.3 is 5.92 Å². The first-order valence-corrected chi connectivity index (χ1v) is 2.78. The molecule has 0 saturated carbocycles. The molecule has 0 aliphatic rings. The van der Waals surface area contributed by atoms with Gasteiger partial charge in [0, 0.05) is 12.8 Å². The van der Waals surface area contributed by atoms with Crippen molar-refractivity contribution < 1.29 is 13.6 Å². The third-order valence-corrected chi connectivity index (χ3v) is 0.957. The molecule has 54 valence electrons. The van der Waals surface area contributed by atoms with Crippen molar-refractivity contribution in [3.05, 3.63) is 0 Å². The Hall–Kier alpha value is -0.470. The Bertz CT molecular complexity index is 113. The summed E-state index contributed by atoms with van der Waals surface area (Å²) in [6, 6.07) is 0. The fraction of sp³-hybridized carbons (Fsp3) is 0.833. The van der Waals surface area contributed by atoms with Crippen LogP contribution in [0.3, 0.4) is 0 Å². The van der Waals surface area contributed by atoms with Gasteiger partial charge in [0.2, 0.25) is 5.78 Å². The van der Waals surface area contributed by atoms with Crippen molar-refractivity contribution in [2.75, 3.05) is 0 Å². The predicted molar refractivity (Wildman–Crippen MR) is 30.5 cm³/mol. The number of hydrogen-bond donors (Lipinski definition) is 0. The lowest BCUT2D eigenvalue weighted by Crippen LogP contribution is -2.28. The van der Waals surface area contributed by atoms with Crippen LogP contribution in [-0.2, 0) is 4.79 Å². The fourth-order valence-corrected chi connectivity index (χ4v) is 0.507. The number of Topliss-reactive ketones (excluding diaryl/α,β-unsaturated/α-hetero) is 1. The highest BCUT2D eigenvalue weighted by molar-refractivity contribution is 5.86. The summed E-state index contributed by atoms with van der Waals surface area (Å²) in [4.78, 5) is 10.4. The third kappa shape index (κ3) is 2.54. The van der Waals surface area contributed by atoms with E-state index in [0.717, 1.165) is 0 Å². The zero-order chi connectivity index (χ0) is 7.65. The van der Waals surface area contributed by atoms with Crippen molar-refractivity contribution in [2.24, 2.45) is 5.92 Å². The number of ketones is 1. The molecule has 9 heavy (non-hydrogen) atoms.